The lowest BCUT2D eigenvalue weighted by Crippen LogP contribution is -2.70. The van der Waals surface area contributed by atoms with Crippen LogP contribution in [0.25, 0.3) is 0 Å². The van der Waals surface area contributed by atoms with Crippen LogP contribution in [0.2, 0.25) is 0 Å². The van der Waals surface area contributed by atoms with Crippen LogP contribution in [0.5, 0.6) is 0 Å². The molecule has 6 nitrogen and oxygen atoms in total. The predicted octanol–water partition coefficient (Wildman–Crippen LogP) is 4.53. The summed E-state index contributed by atoms with van der Waals surface area (Å²) in [5.41, 5.74) is 0.642. The highest BCUT2D eigenvalue weighted by Gasteiger charge is 2.75. The fourth-order valence-electron chi connectivity index (χ4n) is 8.70. The van der Waals surface area contributed by atoms with Crippen molar-refractivity contribution < 1.29 is 24.2 Å². The van der Waals surface area contributed by atoms with Gasteiger partial charge in [0.15, 0.2) is 17.1 Å². The lowest BCUT2D eigenvalue weighted by Gasteiger charge is -2.62. The zero-order chi connectivity index (χ0) is 27.8. The summed E-state index contributed by atoms with van der Waals surface area (Å²) in [5, 5.41) is 26.5. The lowest BCUT2D eigenvalue weighted by molar-refractivity contribution is -0.219. The Hall–Kier alpha value is -1.57. The van der Waals surface area contributed by atoms with Gasteiger partial charge in [-0.15, -0.1) is 0 Å². The summed E-state index contributed by atoms with van der Waals surface area (Å²) in [4.78, 5) is 25.6. The van der Waals surface area contributed by atoms with Crippen LogP contribution in [0, 0.1) is 28.6 Å². The normalized spacial score (nSPS) is 41.8. The van der Waals surface area contributed by atoms with E-state index in [1.807, 2.05) is 13.8 Å². The molecule has 7 heteroatoms. The van der Waals surface area contributed by atoms with Crippen molar-refractivity contribution in [2.45, 2.75) is 115 Å². The molecular formula is C31H49FN2O4. The number of nitrogens with one attached hydrogen (secondary N) is 1. The van der Waals surface area contributed by atoms with Gasteiger partial charge >= 0.3 is 0 Å². The van der Waals surface area contributed by atoms with Crippen molar-refractivity contribution in [2.75, 3.05) is 13.1 Å². The molecule has 0 spiro atoms. The molecular weight excluding hydrogens is 483 g/mol. The van der Waals surface area contributed by atoms with Crippen molar-refractivity contribution in [1.82, 2.24) is 5.32 Å². The molecule has 8 atom stereocenters. The van der Waals surface area contributed by atoms with Gasteiger partial charge in [0.05, 0.1) is 6.10 Å². The zero-order valence-corrected chi connectivity index (χ0v) is 23.6. The average Bonchev–Trinajstić information content (AvgIpc) is 3.08. The summed E-state index contributed by atoms with van der Waals surface area (Å²) in [6, 6.07) is 0. The SMILES string of the molecule is C[C@@H]1C[C@H]2[C@@H]3CCC4=CC(=O)C=C[C@]4(C)[C@@]3(F)[C@@H](O)C[C@]2(C)[C@@]1(O)C(=O)NCCCCCCCCCCN. The number of unbranched alkanes of at least 4 members (excludes halogenated alkanes) is 7. The van der Waals surface area contributed by atoms with E-state index in [2.05, 4.69) is 5.32 Å². The third-order valence-electron chi connectivity index (χ3n) is 11.0. The fourth-order valence-corrected chi connectivity index (χ4v) is 8.70. The van der Waals surface area contributed by atoms with Crippen molar-refractivity contribution >= 4 is 11.7 Å². The molecule has 0 aromatic carbocycles. The molecule has 1 amide bonds. The van der Waals surface area contributed by atoms with Crippen LogP contribution in [0.1, 0.15) is 97.8 Å². The molecule has 214 valence electrons. The number of aliphatic hydroxyl groups excluding tert-OH is 1. The average molecular weight is 533 g/mol. The molecule has 0 aliphatic heterocycles. The van der Waals surface area contributed by atoms with Gasteiger partial charge in [-0.1, -0.05) is 64.0 Å². The van der Waals surface area contributed by atoms with Crippen LogP contribution in [0.4, 0.5) is 4.39 Å². The second-order valence-electron chi connectivity index (χ2n) is 13.0. The van der Waals surface area contributed by atoms with E-state index in [1.165, 1.54) is 37.8 Å². The van der Waals surface area contributed by atoms with Crippen molar-refractivity contribution in [3.63, 3.8) is 0 Å². The Labute approximate surface area is 227 Å². The quantitative estimate of drug-likeness (QED) is 0.292. The highest BCUT2D eigenvalue weighted by atomic mass is 19.1. The van der Waals surface area contributed by atoms with E-state index in [4.69, 9.17) is 5.73 Å². The maximum absolute atomic E-state index is 17.2. The molecule has 3 saturated carbocycles. The van der Waals surface area contributed by atoms with E-state index in [0.29, 0.717) is 25.8 Å². The Morgan fingerprint density at radius 1 is 1.11 bits per heavy atom. The van der Waals surface area contributed by atoms with E-state index < -0.39 is 34.1 Å². The topological polar surface area (TPSA) is 113 Å². The van der Waals surface area contributed by atoms with Crippen LogP contribution in [-0.4, -0.2) is 52.4 Å². The van der Waals surface area contributed by atoms with Gasteiger partial charge in [-0.3, -0.25) is 9.59 Å². The summed E-state index contributed by atoms with van der Waals surface area (Å²) < 4.78 is 17.2. The van der Waals surface area contributed by atoms with E-state index in [0.717, 1.165) is 37.8 Å². The minimum Gasteiger partial charge on any atom is -0.390 e. The predicted molar refractivity (Wildman–Crippen MR) is 147 cm³/mol. The molecule has 4 rings (SSSR count). The van der Waals surface area contributed by atoms with Gasteiger partial charge in [0.25, 0.3) is 5.91 Å². The Kier molecular flexibility index (Phi) is 8.61. The third-order valence-corrected chi connectivity index (χ3v) is 11.0. The van der Waals surface area contributed by atoms with E-state index in [9.17, 15) is 19.8 Å². The molecule has 0 radical (unpaired) electrons. The summed E-state index contributed by atoms with van der Waals surface area (Å²) in [6.45, 7) is 6.82. The first-order chi connectivity index (χ1) is 18.0. The number of aliphatic hydroxyl groups is 2. The van der Waals surface area contributed by atoms with Gasteiger partial charge < -0.3 is 21.3 Å². The molecule has 4 aliphatic rings. The number of carbonyl (C=O) groups is 2. The first-order valence-electron chi connectivity index (χ1n) is 15.0. The number of halogens is 1. The summed E-state index contributed by atoms with van der Waals surface area (Å²) >= 11 is 0. The fraction of sp³-hybridized carbons (Fsp3) is 0.806. The van der Waals surface area contributed by atoms with E-state index in [-0.39, 0.29) is 29.9 Å². The lowest BCUT2D eigenvalue weighted by atomic mass is 9.44. The maximum Gasteiger partial charge on any atom is 0.252 e. The number of hydrogen-bond donors (Lipinski definition) is 4. The number of allylic oxidation sites excluding steroid dienone is 4. The first kappa shape index (κ1) is 29.4. The number of alkyl halides is 1. The zero-order valence-electron chi connectivity index (χ0n) is 23.6. The van der Waals surface area contributed by atoms with Gasteiger partial charge in [0.1, 0.15) is 0 Å². The minimum atomic E-state index is -1.95. The number of rotatable bonds is 11. The minimum absolute atomic E-state index is 0.00768. The van der Waals surface area contributed by atoms with Crippen molar-refractivity contribution in [2.24, 2.45) is 34.3 Å². The highest BCUT2D eigenvalue weighted by Crippen LogP contribution is 2.70. The number of carbonyl (C=O) groups excluding carboxylic acids is 2. The van der Waals surface area contributed by atoms with Gasteiger partial charge in [-0.25, -0.2) is 4.39 Å². The molecule has 38 heavy (non-hydrogen) atoms. The van der Waals surface area contributed by atoms with Crippen molar-refractivity contribution in [3.8, 4) is 0 Å². The van der Waals surface area contributed by atoms with Gasteiger partial charge in [-0.05, 0) is 76.0 Å². The monoisotopic (exact) mass is 532 g/mol. The van der Waals surface area contributed by atoms with Crippen LogP contribution < -0.4 is 11.1 Å². The summed E-state index contributed by atoms with van der Waals surface area (Å²) in [7, 11) is 0. The Morgan fingerprint density at radius 2 is 1.74 bits per heavy atom. The Balaban J connectivity index is 1.41. The van der Waals surface area contributed by atoms with E-state index in [1.54, 1.807) is 13.0 Å². The molecule has 0 heterocycles. The van der Waals surface area contributed by atoms with E-state index >= 15 is 4.39 Å². The molecule has 0 aromatic heterocycles. The number of nitrogens with two attached hydrogens (primary N) is 1. The molecule has 0 unspecified atom stereocenters. The van der Waals surface area contributed by atoms with Crippen LogP contribution >= 0.6 is 0 Å². The Bertz CT molecular complexity index is 968. The van der Waals surface area contributed by atoms with Crippen molar-refractivity contribution in [3.05, 3.63) is 23.8 Å². The van der Waals surface area contributed by atoms with Gasteiger partial charge in [0.2, 0.25) is 0 Å². The molecule has 4 aliphatic carbocycles. The molecule has 0 bridgehead atoms. The van der Waals surface area contributed by atoms with Crippen LogP contribution in [0.3, 0.4) is 0 Å². The number of ketones is 1. The third kappa shape index (κ3) is 4.50. The molecule has 0 saturated heterocycles. The second kappa shape index (κ2) is 11.1. The van der Waals surface area contributed by atoms with Gasteiger partial charge in [0, 0.05) is 23.3 Å². The summed E-state index contributed by atoms with van der Waals surface area (Å²) in [6.07, 6.45) is 13.7. The van der Waals surface area contributed by atoms with Crippen LogP contribution in [0.15, 0.2) is 23.8 Å². The smallest absolute Gasteiger partial charge is 0.252 e. The first-order valence-corrected chi connectivity index (χ1v) is 15.0. The van der Waals surface area contributed by atoms with Crippen molar-refractivity contribution in [1.29, 1.82) is 0 Å². The number of hydrogen-bond acceptors (Lipinski definition) is 5. The Morgan fingerprint density at radius 3 is 2.39 bits per heavy atom. The summed E-state index contributed by atoms with van der Waals surface area (Å²) in [5.74, 6) is -1.64. The number of amides is 1. The van der Waals surface area contributed by atoms with Gasteiger partial charge in [-0.2, -0.15) is 0 Å². The number of fused-ring (bicyclic) bond motifs is 5. The van der Waals surface area contributed by atoms with Crippen LogP contribution in [-0.2, 0) is 9.59 Å². The molecule has 0 aromatic rings. The largest absolute Gasteiger partial charge is 0.390 e. The second-order valence-corrected chi connectivity index (χ2v) is 13.0. The highest BCUT2D eigenvalue weighted by molar-refractivity contribution is 6.01. The molecule has 3 fully saturated rings. The standard InChI is InChI=1S/C31H49FN2O4/c1-21-18-25-24-13-12-22-19-23(35)14-15-28(22,2)30(24,32)26(36)20-29(25,3)31(21,38)27(37)34-17-11-9-7-5-4-6-8-10-16-33/h14-15,19,21,24-26,36,38H,4-13,16-18,20,33H2,1-3H3,(H,34,37)/t21-,24+,25+,26+,28+,29+,30+,31+/m1/s1. The molecule has 5 N–H and O–H groups in total. The maximum atomic E-state index is 17.2.